The van der Waals surface area contributed by atoms with E-state index in [0.717, 1.165) is 18.5 Å². The Kier molecular flexibility index (Phi) is 2.79. The molecule has 2 bridgehead atoms. The van der Waals surface area contributed by atoms with Crippen molar-refractivity contribution < 1.29 is 4.39 Å². The highest BCUT2D eigenvalue weighted by atomic mass is 19.1. The minimum absolute atomic E-state index is 0.160. The van der Waals surface area contributed by atoms with Gasteiger partial charge in [-0.25, -0.2) is 4.39 Å². The van der Waals surface area contributed by atoms with Crippen LogP contribution in [0.25, 0.3) is 0 Å². The molecule has 2 saturated heterocycles. The second-order valence-corrected chi connectivity index (χ2v) is 5.35. The number of rotatable bonds is 1. The van der Waals surface area contributed by atoms with E-state index in [4.69, 9.17) is 5.73 Å². The van der Waals surface area contributed by atoms with Crippen LogP contribution in [0.5, 0.6) is 0 Å². The van der Waals surface area contributed by atoms with E-state index in [0.29, 0.717) is 18.1 Å². The Morgan fingerprint density at radius 3 is 2.24 bits per heavy atom. The molecule has 2 unspecified atom stereocenters. The number of halogens is 1. The molecular weight excluding hydrogens is 215 g/mol. The number of fused-ring (bicyclic) bond motifs is 2. The fourth-order valence-corrected chi connectivity index (χ4v) is 3.46. The van der Waals surface area contributed by atoms with Gasteiger partial charge in [0.2, 0.25) is 0 Å². The predicted octanol–water partition coefficient (Wildman–Crippen LogP) is 2.67. The van der Waals surface area contributed by atoms with Gasteiger partial charge in [-0.3, -0.25) is 0 Å². The van der Waals surface area contributed by atoms with E-state index < -0.39 is 0 Å². The Morgan fingerprint density at radius 2 is 1.65 bits per heavy atom. The molecule has 3 heteroatoms. The molecule has 2 aliphatic heterocycles. The van der Waals surface area contributed by atoms with Crippen LogP contribution < -0.4 is 10.6 Å². The first kappa shape index (κ1) is 11.0. The SMILES string of the molecule is NC1CC2CCCC(C1)N2c1ccc(F)cc1. The maximum Gasteiger partial charge on any atom is 0.123 e. The monoisotopic (exact) mass is 234 g/mol. The van der Waals surface area contributed by atoms with E-state index in [2.05, 4.69) is 4.90 Å². The van der Waals surface area contributed by atoms with E-state index in [-0.39, 0.29) is 5.82 Å². The zero-order chi connectivity index (χ0) is 11.8. The third-order valence-electron chi connectivity index (χ3n) is 4.14. The van der Waals surface area contributed by atoms with Gasteiger partial charge in [0.05, 0.1) is 0 Å². The van der Waals surface area contributed by atoms with Gasteiger partial charge in [0, 0.05) is 23.8 Å². The van der Waals surface area contributed by atoms with Crippen molar-refractivity contribution in [3.05, 3.63) is 30.1 Å². The van der Waals surface area contributed by atoms with E-state index in [1.165, 1.54) is 19.3 Å². The lowest BCUT2D eigenvalue weighted by atomic mass is 9.81. The molecule has 0 aliphatic carbocycles. The third kappa shape index (κ3) is 2.04. The van der Waals surface area contributed by atoms with Crippen molar-refractivity contribution in [1.82, 2.24) is 0 Å². The first-order valence-corrected chi connectivity index (χ1v) is 6.53. The fraction of sp³-hybridized carbons (Fsp3) is 0.571. The number of hydrogen-bond donors (Lipinski definition) is 1. The van der Waals surface area contributed by atoms with Crippen molar-refractivity contribution in [1.29, 1.82) is 0 Å². The van der Waals surface area contributed by atoms with Crippen molar-refractivity contribution in [2.24, 2.45) is 5.73 Å². The lowest BCUT2D eigenvalue weighted by molar-refractivity contribution is 0.271. The van der Waals surface area contributed by atoms with Gasteiger partial charge >= 0.3 is 0 Å². The zero-order valence-electron chi connectivity index (χ0n) is 9.98. The molecule has 0 aromatic heterocycles. The van der Waals surface area contributed by atoms with Gasteiger partial charge in [0.15, 0.2) is 0 Å². The average molecular weight is 234 g/mol. The molecule has 92 valence electrons. The van der Waals surface area contributed by atoms with Crippen LogP contribution >= 0.6 is 0 Å². The van der Waals surface area contributed by atoms with Crippen molar-refractivity contribution >= 4 is 5.69 Å². The molecule has 0 saturated carbocycles. The van der Waals surface area contributed by atoms with E-state index >= 15 is 0 Å². The highest BCUT2D eigenvalue weighted by molar-refractivity contribution is 5.49. The molecular formula is C14H19FN2. The first-order valence-electron chi connectivity index (χ1n) is 6.53. The molecule has 2 nitrogen and oxygen atoms in total. The Morgan fingerprint density at radius 1 is 1.06 bits per heavy atom. The van der Waals surface area contributed by atoms with E-state index in [1.54, 1.807) is 12.1 Å². The van der Waals surface area contributed by atoms with Crippen LogP contribution in [0.15, 0.2) is 24.3 Å². The van der Waals surface area contributed by atoms with E-state index in [9.17, 15) is 4.39 Å². The van der Waals surface area contributed by atoms with Crippen LogP contribution in [0.4, 0.5) is 10.1 Å². The van der Waals surface area contributed by atoms with Gasteiger partial charge in [0.1, 0.15) is 5.82 Å². The van der Waals surface area contributed by atoms with Gasteiger partial charge < -0.3 is 10.6 Å². The van der Waals surface area contributed by atoms with Crippen molar-refractivity contribution in [3.63, 3.8) is 0 Å². The van der Waals surface area contributed by atoms with Crippen LogP contribution in [0.3, 0.4) is 0 Å². The minimum Gasteiger partial charge on any atom is -0.365 e. The molecule has 17 heavy (non-hydrogen) atoms. The summed E-state index contributed by atoms with van der Waals surface area (Å²) in [4.78, 5) is 2.48. The van der Waals surface area contributed by atoms with Crippen molar-refractivity contribution in [2.75, 3.05) is 4.90 Å². The van der Waals surface area contributed by atoms with Crippen LogP contribution in [0.2, 0.25) is 0 Å². The third-order valence-corrected chi connectivity index (χ3v) is 4.14. The molecule has 2 fully saturated rings. The first-order chi connectivity index (χ1) is 8.24. The molecule has 3 rings (SSSR count). The Balaban J connectivity index is 1.89. The highest BCUT2D eigenvalue weighted by Gasteiger charge is 2.36. The number of nitrogens with zero attached hydrogens (tertiary/aromatic N) is 1. The second-order valence-electron chi connectivity index (χ2n) is 5.35. The molecule has 2 atom stereocenters. The normalized spacial score (nSPS) is 32.6. The summed E-state index contributed by atoms with van der Waals surface area (Å²) in [5, 5.41) is 0. The van der Waals surface area contributed by atoms with Crippen LogP contribution in [-0.2, 0) is 0 Å². The summed E-state index contributed by atoms with van der Waals surface area (Å²) in [6.45, 7) is 0. The molecule has 2 N–H and O–H groups in total. The number of benzene rings is 1. The lowest BCUT2D eigenvalue weighted by Crippen LogP contribution is -2.55. The summed E-state index contributed by atoms with van der Waals surface area (Å²) in [5.41, 5.74) is 7.26. The fourth-order valence-electron chi connectivity index (χ4n) is 3.46. The highest BCUT2D eigenvalue weighted by Crippen LogP contribution is 2.37. The number of piperidine rings is 2. The molecule has 2 heterocycles. The summed E-state index contributed by atoms with van der Waals surface area (Å²) in [6.07, 6.45) is 5.91. The van der Waals surface area contributed by atoms with Gasteiger partial charge in [-0.15, -0.1) is 0 Å². The predicted molar refractivity (Wildman–Crippen MR) is 67.5 cm³/mol. The standard InChI is InChI=1S/C14H19FN2/c15-10-4-6-12(7-5-10)17-13-2-1-3-14(17)9-11(16)8-13/h4-7,11,13-14H,1-3,8-9,16H2. The molecule has 0 spiro atoms. The van der Waals surface area contributed by atoms with Crippen molar-refractivity contribution in [3.8, 4) is 0 Å². The van der Waals surface area contributed by atoms with Crippen molar-refractivity contribution in [2.45, 2.75) is 50.2 Å². The zero-order valence-corrected chi connectivity index (χ0v) is 9.98. The molecule has 0 amide bonds. The number of hydrogen-bond acceptors (Lipinski definition) is 2. The quantitative estimate of drug-likeness (QED) is 0.809. The minimum atomic E-state index is -0.160. The van der Waals surface area contributed by atoms with Crippen LogP contribution in [0.1, 0.15) is 32.1 Å². The second kappa shape index (κ2) is 4.30. The molecule has 1 aromatic carbocycles. The maximum absolute atomic E-state index is 13.0. The Bertz CT molecular complexity index is 376. The molecule has 2 aliphatic rings. The van der Waals surface area contributed by atoms with Crippen LogP contribution in [-0.4, -0.2) is 18.1 Å². The number of anilines is 1. The largest absolute Gasteiger partial charge is 0.365 e. The summed E-state index contributed by atoms with van der Waals surface area (Å²) < 4.78 is 13.0. The summed E-state index contributed by atoms with van der Waals surface area (Å²) in [7, 11) is 0. The Labute approximate surface area is 102 Å². The lowest BCUT2D eigenvalue weighted by Gasteiger charge is -2.49. The summed E-state index contributed by atoms with van der Waals surface area (Å²) in [5.74, 6) is -0.160. The van der Waals surface area contributed by atoms with Gasteiger partial charge in [-0.05, 0) is 56.4 Å². The van der Waals surface area contributed by atoms with Gasteiger partial charge in [-0.1, -0.05) is 0 Å². The topological polar surface area (TPSA) is 29.3 Å². The Hall–Kier alpha value is -1.09. The van der Waals surface area contributed by atoms with Crippen LogP contribution in [0, 0.1) is 5.82 Å². The summed E-state index contributed by atoms with van der Waals surface area (Å²) in [6, 6.07) is 8.38. The molecule has 0 radical (unpaired) electrons. The van der Waals surface area contributed by atoms with E-state index in [1.807, 2.05) is 12.1 Å². The average Bonchev–Trinajstić information content (AvgIpc) is 2.29. The smallest absolute Gasteiger partial charge is 0.123 e. The maximum atomic E-state index is 13.0. The number of nitrogens with two attached hydrogens (primary N) is 1. The molecule has 1 aromatic rings. The van der Waals surface area contributed by atoms with Gasteiger partial charge in [0.25, 0.3) is 0 Å². The van der Waals surface area contributed by atoms with Gasteiger partial charge in [-0.2, -0.15) is 0 Å². The summed E-state index contributed by atoms with van der Waals surface area (Å²) >= 11 is 0.